The van der Waals surface area contributed by atoms with Crippen LogP contribution in [0.15, 0.2) is 36.5 Å². The minimum absolute atomic E-state index is 0.0634. The number of amides is 1. The van der Waals surface area contributed by atoms with Crippen LogP contribution >= 0.6 is 0 Å². The van der Waals surface area contributed by atoms with Gasteiger partial charge in [0.1, 0.15) is 6.10 Å². The van der Waals surface area contributed by atoms with Gasteiger partial charge in [0, 0.05) is 6.42 Å². The van der Waals surface area contributed by atoms with E-state index < -0.39 is 18.2 Å². The number of nitrogens with one attached hydrogen (secondary N) is 1. The van der Waals surface area contributed by atoms with E-state index in [1.807, 2.05) is 0 Å². The summed E-state index contributed by atoms with van der Waals surface area (Å²) < 4.78 is 5.94. The summed E-state index contributed by atoms with van der Waals surface area (Å²) in [7, 11) is 0. The highest BCUT2D eigenvalue weighted by molar-refractivity contribution is 5.77. The van der Waals surface area contributed by atoms with Crippen molar-refractivity contribution in [3.05, 3.63) is 36.5 Å². The van der Waals surface area contributed by atoms with E-state index in [2.05, 4.69) is 62.5 Å². The second kappa shape index (κ2) is 53.0. The molecule has 0 fully saturated rings. The molecule has 0 saturated heterocycles. The van der Waals surface area contributed by atoms with Gasteiger partial charge in [-0.1, -0.05) is 250 Å². The number of carbonyl (C=O) groups is 2. The van der Waals surface area contributed by atoms with Gasteiger partial charge >= 0.3 is 5.97 Å². The molecule has 0 aliphatic heterocycles. The molecule has 0 aromatic rings. The molecule has 0 bridgehead atoms. The van der Waals surface area contributed by atoms with E-state index in [1.165, 1.54) is 173 Å². The van der Waals surface area contributed by atoms with Gasteiger partial charge in [-0.05, 0) is 77.0 Å². The predicted molar refractivity (Wildman–Crippen MR) is 282 cm³/mol. The number of unbranched alkanes of at least 4 members (excludes halogenated alkanes) is 35. The molecular formula is C59H111NO5. The van der Waals surface area contributed by atoms with E-state index in [9.17, 15) is 19.8 Å². The molecule has 0 rings (SSSR count). The summed E-state index contributed by atoms with van der Waals surface area (Å²) >= 11 is 0. The summed E-state index contributed by atoms with van der Waals surface area (Å²) in [4.78, 5) is 26.2. The van der Waals surface area contributed by atoms with Crippen molar-refractivity contribution < 1.29 is 24.5 Å². The van der Waals surface area contributed by atoms with E-state index in [0.29, 0.717) is 19.3 Å². The van der Waals surface area contributed by atoms with Crippen molar-refractivity contribution in [3.8, 4) is 0 Å². The number of rotatable bonds is 52. The molecular weight excluding hydrogens is 803 g/mol. The van der Waals surface area contributed by atoms with Crippen molar-refractivity contribution in [1.82, 2.24) is 5.32 Å². The lowest BCUT2D eigenvalue weighted by atomic mass is 10.0. The Morgan fingerprint density at radius 3 is 1.22 bits per heavy atom. The zero-order valence-electron chi connectivity index (χ0n) is 43.6. The summed E-state index contributed by atoms with van der Waals surface area (Å²) in [6.45, 7) is 6.47. The van der Waals surface area contributed by atoms with Gasteiger partial charge in [0.05, 0.1) is 25.2 Å². The first-order valence-corrected chi connectivity index (χ1v) is 28.7. The lowest BCUT2D eigenvalue weighted by Gasteiger charge is -2.24. The molecule has 1 amide bonds. The zero-order chi connectivity index (χ0) is 47.4. The molecule has 0 heterocycles. The monoisotopic (exact) mass is 914 g/mol. The number of allylic oxidation sites excluding steroid dienone is 6. The average Bonchev–Trinajstić information content (AvgIpc) is 3.30. The summed E-state index contributed by atoms with van der Waals surface area (Å²) in [5.41, 5.74) is 0. The fourth-order valence-corrected chi connectivity index (χ4v) is 8.83. The Morgan fingerprint density at radius 2 is 0.785 bits per heavy atom. The average molecular weight is 915 g/mol. The lowest BCUT2D eigenvalue weighted by molar-refractivity contribution is -0.151. The van der Waals surface area contributed by atoms with E-state index >= 15 is 0 Å². The molecule has 0 radical (unpaired) electrons. The highest BCUT2D eigenvalue weighted by atomic mass is 16.5. The molecule has 0 aliphatic carbocycles. The van der Waals surface area contributed by atoms with Crippen LogP contribution in [0, 0.1) is 0 Å². The molecule has 6 nitrogen and oxygen atoms in total. The van der Waals surface area contributed by atoms with Gasteiger partial charge in [0.2, 0.25) is 5.91 Å². The van der Waals surface area contributed by atoms with Crippen LogP contribution in [0.25, 0.3) is 0 Å². The minimum atomic E-state index is -0.794. The summed E-state index contributed by atoms with van der Waals surface area (Å²) in [6, 6.07) is -0.709. The number of hydrogen-bond donors (Lipinski definition) is 3. The Labute approximate surface area is 404 Å². The number of hydrogen-bond acceptors (Lipinski definition) is 5. The van der Waals surface area contributed by atoms with Crippen LogP contribution in [-0.4, -0.2) is 46.9 Å². The number of esters is 1. The van der Waals surface area contributed by atoms with Crippen molar-refractivity contribution >= 4 is 11.9 Å². The van der Waals surface area contributed by atoms with Crippen LogP contribution < -0.4 is 5.32 Å². The number of ether oxygens (including phenoxy) is 1. The van der Waals surface area contributed by atoms with Crippen molar-refractivity contribution in [3.63, 3.8) is 0 Å². The smallest absolute Gasteiger partial charge is 0.306 e. The maximum absolute atomic E-state index is 13.3. The number of aliphatic hydroxyl groups excluding tert-OH is 2. The number of aliphatic hydroxyl groups is 2. The topological polar surface area (TPSA) is 95.9 Å². The molecule has 65 heavy (non-hydrogen) atoms. The van der Waals surface area contributed by atoms with Gasteiger partial charge in [0.15, 0.2) is 0 Å². The van der Waals surface area contributed by atoms with Crippen LogP contribution in [0.5, 0.6) is 0 Å². The fraction of sp³-hybridized carbons (Fsp3) is 0.864. The van der Waals surface area contributed by atoms with Gasteiger partial charge in [-0.15, -0.1) is 0 Å². The zero-order valence-corrected chi connectivity index (χ0v) is 43.6. The van der Waals surface area contributed by atoms with Gasteiger partial charge < -0.3 is 20.3 Å². The highest BCUT2D eigenvalue weighted by Crippen LogP contribution is 2.18. The van der Waals surface area contributed by atoms with Crippen LogP contribution in [0.2, 0.25) is 0 Å². The van der Waals surface area contributed by atoms with Gasteiger partial charge in [-0.3, -0.25) is 9.59 Å². The summed E-state index contributed by atoms with van der Waals surface area (Å²) in [5.74, 6) is -0.491. The first-order chi connectivity index (χ1) is 32.0. The Balaban J connectivity index is 4.52. The summed E-state index contributed by atoms with van der Waals surface area (Å²) in [6.07, 6.45) is 63.5. The van der Waals surface area contributed by atoms with Gasteiger partial charge in [-0.25, -0.2) is 0 Å². The van der Waals surface area contributed by atoms with Crippen LogP contribution in [0.4, 0.5) is 0 Å². The quantitative estimate of drug-likeness (QED) is 0.0244. The van der Waals surface area contributed by atoms with Crippen molar-refractivity contribution in [2.75, 3.05) is 6.61 Å². The van der Waals surface area contributed by atoms with Crippen LogP contribution in [-0.2, 0) is 14.3 Å². The van der Waals surface area contributed by atoms with Gasteiger partial charge in [0.25, 0.3) is 0 Å². The third kappa shape index (κ3) is 48.3. The lowest BCUT2D eigenvalue weighted by Crippen LogP contribution is -2.46. The minimum Gasteiger partial charge on any atom is -0.462 e. The Bertz CT molecular complexity index is 1070. The largest absolute Gasteiger partial charge is 0.462 e. The van der Waals surface area contributed by atoms with Crippen LogP contribution in [0.1, 0.15) is 303 Å². The SMILES string of the molecule is CCCCC/C=C/C=C/CCCCCCC(CC(=O)NC(CO)C(O)CCCCCCCCCCCCCCCCCCC)OC(=O)CCCCCCC/C=C/CCCCCCCCC. The Hall–Kier alpha value is -1.92. The van der Waals surface area contributed by atoms with Crippen molar-refractivity contribution in [2.45, 2.75) is 322 Å². The third-order valence-electron chi connectivity index (χ3n) is 13.2. The molecule has 0 aromatic carbocycles. The fourth-order valence-electron chi connectivity index (χ4n) is 8.83. The maximum Gasteiger partial charge on any atom is 0.306 e. The molecule has 0 saturated carbocycles. The molecule has 0 aromatic heterocycles. The van der Waals surface area contributed by atoms with Crippen molar-refractivity contribution in [2.24, 2.45) is 0 Å². The maximum atomic E-state index is 13.3. The second-order valence-corrected chi connectivity index (χ2v) is 19.7. The Kier molecular flexibility index (Phi) is 51.5. The van der Waals surface area contributed by atoms with E-state index in [1.54, 1.807) is 0 Å². The molecule has 0 spiro atoms. The normalized spacial score (nSPS) is 13.4. The predicted octanol–water partition coefficient (Wildman–Crippen LogP) is 17.6. The first kappa shape index (κ1) is 63.1. The third-order valence-corrected chi connectivity index (χ3v) is 13.2. The van der Waals surface area contributed by atoms with E-state index in [4.69, 9.17) is 4.74 Å². The standard InChI is InChI=1S/C59H111NO5/c1-4-7-10-13-16-19-22-25-27-29-30-33-36-39-42-45-48-51-57(62)56(54-61)60-58(63)53-55(50-47-44-41-38-35-32-24-21-18-15-12-9-6-3)65-59(64)52-49-46-43-40-37-34-31-28-26-23-20-17-14-11-8-5-2/h18,21,24,28,31-32,55-57,61-62H,4-17,19-20,22-23,25-27,29-30,33-54H2,1-3H3,(H,60,63)/b21-18+,31-28+,32-24+. The molecule has 3 N–H and O–H groups in total. The first-order valence-electron chi connectivity index (χ1n) is 28.7. The van der Waals surface area contributed by atoms with E-state index in [0.717, 1.165) is 83.5 Å². The molecule has 6 heteroatoms. The molecule has 3 unspecified atom stereocenters. The highest BCUT2D eigenvalue weighted by Gasteiger charge is 2.24. The van der Waals surface area contributed by atoms with Crippen LogP contribution in [0.3, 0.4) is 0 Å². The Morgan fingerprint density at radius 1 is 0.446 bits per heavy atom. The molecule has 382 valence electrons. The second-order valence-electron chi connectivity index (χ2n) is 19.7. The van der Waals surface area contributed by atoms with Gasteiger partial charge in [-0.2, -0.15) is 0 Å². The van der Waals surface area contributed by atoms with Crippen molar-refractivity contribution in [1.29, 1.82) is 0 Å². The molecule has 0 aliphatic rings. The summed E-state index contributed by atoms with van der Waals surface area (Å²) in [5, 5.41) is 23.9. The van der Waals surface area contributed by atoms with E-state index in [-0.39, 0.29) is 24.9 Å². The number of carbonyl (C=O) groups excluding carboxylic acids is 2. The molecule has 3 atom stereocenters.